The highest BCUT2D eigenvalue weighted by Gasteiger charge is 2.48. The molecule has 0 N–H and O–H groups in total. The van der Waals surface area contributed by atoms with Gasteiger partial charge in [0.25, 0.3) is 0 Å². The Morgan fingerprint density at radius 1 is 1.00 bits per heavy atom. The molecule has 0 fully saturated rings. The maximum atomic E-state index is 13.6. The molecule has 0 aromatic heterocycles. The number of carbonyl (C=O) groups excluding carboxylic acids is 3. The molecule has 29 heavy (non-hydrogen) atoms. The molecule has 2 rings (SSSR count). The van der Waals surface area contributed by atoms with Gasteiger partial charge >= 0.3 is 12.1 Å². The van der Waals surface area contributed by atoms with Crippen LogP contribution in [0, 0.1) is 19.3 Å². The van der Waals surface area contributed by atoms with Crippen LogP contribution < -0.4 is 4.90 Å². The van der Waals surface area contributed by atoms with Gasteiger partial charge in [-0.1, -0.05) is 6.07 Å². The van der Waals surface area contributed by atoms with Crippen molar-refractivity contribution >= 4 is 23.5 Å². The normalized spacial score (nSPS) is 20.0. The van der Waals surface area contributed by atoms with Gasteiger partial charge in [-0.2, -0.15) is 0 Å². The molecule has 1 aliphatic heterocycles. The van der Waals surface area contributed by atoms with Crippen LogP contribution in [0.4, 0.5) is 10.5 Å². The number of aryl methyl sites for hydroxylation is 2. The van der Waals surface area contributed by atoms with Crippen molar-refractivity contribution in [1.82, 2.24) is 0 Å². The Kier molecular flexibility index (Phi) is 5.90. The zero-order valence-electron chi connectivity index (χ0n) is 19.1. The van der Waals surface area contributed by atoms with E-state index in [1.165, 1.54) is 4.90 Å². The molecule has 1 amide bonds. The Morgan fingerprint density at radius 2 is 1.55 bits per heavy atom. The highest BCUT2D eigenvalue weighted by molar-refractivity contribution is 6.17. The van der Waals surface area contributed by atoms with E-state index in [0.29, 0.717) is 11.3 Å². The molecular weight excluding hydrogens is 370 g/mol. The molecule has 1 heterocycles. The van der Waals surface area contributed by atoms with E-state index in [-0.39, 0.29) is 18.7 Å². The molecule has 0 saturated heterocycles. The van der Waals surface area contributed by atoms with Crippen LogP contribution in [0.1, 0.15) is 76.4 Å². The van der Waals surface area contributed by atoms with Crippen LogP contribution in [0.2, 0.25) is 0 Å². The summed E-state index contributed by atoms with van der Waals surface area (Å²) in [5, 5.41) is 0. The number of Topliss-reactive ketones (excluding diaryl/α,β-unsaturated/α-hetero) is 1. The van der Waals surface area contributed by atoms with Crippen molar-refractivity contribution in [2.75, 3.05) is 11.4 Å². The number of carbonyl (C=O) groups is 3. The molecule has 1 aromatic rings. The van der Waals surface area contributed by atoms with Crippen molar-refractivity contribution in [3.05, 3.63) is 28.8 Å². The Labute approximate surface area is 173 Å². The molecule has 0 spiro atoms. The molecule has 0 aliphatic carbocycles. The zero-order chi connectivity index (χ0) is 22.4. The highest BCUT2D eigenvalue weighted by atomic mass is 16.6. The third-order valence-corrected chi connectivity index (χ3v) is 4.76. The van der Waals surface area contributed by atoms with Gasteiger partial charge in [-0.15, -0.1) is 0 Å². The number of hydrogen-bond acceptors (Lipinski definition) is 5. The average molecular weight is 404 g/mol. The summed E-state index contributed by atoms with van der Waals surface area (Å²) in [4.78, 5) is 41.0. The molecule has 160 valence electrons. The standard InChI is InChI=1S/C23H33NO5/c1-14-12-15(2)17-16(13-14)18(25)23(9,19(26)28-21(3,4)5)10-11-24(17)20(27)29-22(6,7)8/h12-13H,10-11H2,1-9H3. The number of anilines is 1. The minimum absolute atomic E-state index is 0.146. The van der Waals surface area contributed by atoms with E-state index in [1.54, 1.807) is 54.5 Å². The van der Waals surface area contributed by atoms with Crippen molar-refractivity contribution in [3.63, 3.8) is 0 Å². The summed E-state index contributed by atoms with van der Waals surface area (Å²) < 4.78 is 11.1. The van der Waals surface area contributed by atoms with Crippen molar-refractivity contribution in [2.24, 2.45) is 5.41 Å². The van der Waals surface area contributed by atoms with E-state index < -0.39 is 28.7 Å². The van der Waals surface area contributed by atoms with Gasteiger partial charge in [0, 0.05) is 12.1 Å². The first-order valence-electron chi connectivity index (χ1n) is 9.95. The minimum atomic E-state index is -1.39. The molecule has 1 aromatic carbocycles. The van der Waals surface area contributed by atoms with Crippen LogP contribution in [-0.2, 0) is 14.3 Å². The maximum Gasteiger partial charge on any atom is 0.414 e. The number of rotatable bonds is 1. The van der Waals surface area contributed by atoms with E-state index in [9.17, 15) is 14.4 Å². The lowest BCUT2D eigenvalue weighted by Gasteiger charge is -2.30. The van der Waals surface area contributed by atoms with Crippen LogP contribution in [0.5, 0.6) is 0 Å². The van der Waals surface area contributed by atoms with E-state index in [4.69, 9.17) is 9.47 Å². The van der Waals surface area contributed by atoms with E-state index in [1.807, 2.05) is 19.9 Å². The summed E-state index contributed by atoms with van der Waals surface area (Å²) in [5.74, 6) is -0.911. The van der Waals surface area contributed by atoms with Gasteiger partial charge in [0.05, 0.1) is 5.69 Å². The van der Waals surface area contributed by atoms with Crippen LogP contribution >= 0.6 is 0 Å². The second-order valence-corrected chi connectivity index (χ2v) is 10.0. The number of esters is 1. The molecule has 1 atom stereocenters. The largest absolute Gasteiger partial charge is 0.459 e. The van der Waals surface area contributed by atoms with Crippen molar-refractivity contribution in [3.8, 4) is 0 Å². The number of nitrogens with zero attached hydrogens (tertiary/aromatic N) is 1. The fraction of sp³-hybridized carbons (Fsp3) is 0.609. The first kappa shape index (κ1) is 22.9. The Hall–Kier alpha value is -2.37. The molecule has 1 aliphatic rings. The molecule has 1 unspecified atom stereocenters. The highest BCUT2D eigenvalue weighted by Crippen LogP contribution is 2.40. The summed E-state index contributed by atoms with van der Waals surface area (Å²) in [6.45, 7) is 16.2. The van der Waals surface area contributed by atoms with Crippen LogP contribution in [0.3, 0.4) is 0 Å². The predicted octanol–water partition coefficient (Wildman–Crippen LogP) is 4.98. The van der Waals surface area contributed by atoms with E-state index >= 15 is 0 Å². The minimum Gasteiger partial charge on any atom is -0.459 e. The van der Waals surface area contributed by atoms with Crippen LogP contribution in [0.15, 0.2) is 12.1 Å². The molecule has 6 heteroatoms. The molecule has 0 radical (unpaired) electrons. The number of ether oxygens (including phenoxy) is 2. The average Bonchev–Trinajstić information content (AvgIpc) is 2.62. The van der Waals surface area contributed by atoms with Gasteiger partial charge in [-0.05, 0) is 85.9 Å². The number of amides is 1. The molecule has 0 saturated carbocycles. The topological polar surface area (TPSA) is 72.9 Å². The van der Waals surface area contributed by atoms with Gasteiger partial charge in [-0.3, -0.25) is 14.5 Å². The monoisotopic (exact) mass is 403 g/mol. The SMILES string of the molecule is Cc1cc(C)c2c(c1)C(=O)C(C)(C(=O)OC(C)(C)C)CCN2C(=O)OC(C)(C)C. The Morgan fingerprint density at radius 3 is 2.07 bits per heavy atom. The smallest absolute Gasteiger partial charge is 0.414 e. The number of ketones is 1. The third-order valence-electron chi connectivity index (χ3n) is 4.76. The quantitative estimate of drug-likeness (QED) is 0.488. The number of hydrogen-bond donors (Lipinski definition) is 0. The molecule has 0 bridgehead atoms. The first-order valence-corrected chi connectivity index (χ1v) is 9.95. The third kappa shape index (κ3) is 4.98. The van der Waals surface area contributed by atoms with Gasteiger partial charge in [0.2, 0.25) is 0 Å². The van der Waals surface area contributed by atoms with Gasteiger partial charge in [-0.25, -0.2) is 4.79 Å². The van der Waals surface area contributed by atoms with Crippen LogP contribution in [0.25, 0.3) is 0 Å². The van der Waals surface area contributed by atoms with Crippen molar-refractivity contribution in [1.29, 1.82) is 0 Å². The van der Waals surface area contributed by atoms with Crippen molar-refractivity contribution in [2.45, 2.75) is 79.9 Å². The van der Waals surface area contributed by atoms with E-state index in [0.717, 1.165) is 11.1 Å². The summed E-state index contributed by atoms with van der Waals surface area (Å²) in [5.41, 5.74) is -0.274. The lowest BCUT2D eigenvalue weighted by atomic mass is 9.79. The van der Waals surface area contributed by atoms with Crippen LogP contribution in [-0.4, -0.2) is 35.6 Å². The van der Waals surface area contributed by atoms with Gasteiger partial charge in [0.1, 0.15) is 16.6 Å². The first-order chi connectivity index (χ1) is 13.0. The molecular formula is C23H33NO5. The van der Waals surface area contributed by atoms with Gasteiger partial charge < -0.3 is 9.47 Å². The summed E-state index contributed by atoms with van der Waals surface area (Å²) >= 11 is 0. The fourth-order valence-electron chi connectivity index (χ4n) is 3.43. The summed E-state index contributed by atoms with van der Waals surface area (Å²) in [6.07, 6.45) is -0.389. The van der Waals surface area contributed by atoms with Crippen molar-refractivity contribution < 1.29 is 23.9 Å². The number of benzene rings is 1. The second-order valence-electron chi connectivity index (χ2n) is 10.0. The lowest BCUT2D eigenvalue weighted by molar-refractivity contribution is -0.163. The zero-order valence-corrected chi connectivity index (χ0v) is 19.1. The van der Waals surface area contributed by atoms with E-state index in [2.05, 4.69) is 0 Å². The maximum absolute atomic E-state index is 13.6. The number of fused-ring (bicyclic) bond motifs is 1. The molecule has 6 nitrogen and oxygen atoms in total. The Balaban J connectivity index is 2.60. The summed E-state index contributed by atoms with van der Waals surface area (Å²) in [7, 11) is 0. The summed E-state index contributed by atoms with van der Waals surface area (Å²) in [6, 6.07) is 3.65. The second kappa shape index (κ2) is 7.47. The fourth-order valence-corrected chi connectivity index (χ4v) is 3.43. The lowest BCUT2D eigenvalue weighted by Crippen LogP contribution is -2.42. The Bertz CT molecular complexity index is 844. The predicted molar refractivity (Wildman–Crippen MR) is 112 cm³/mol. The van der Waals surface area contributed by atoms with Gasteiger partial charge in [0.15, 0.2) is 5.78 Å².